The van der Waals surface area contributed by atoms with Crippen molar-refractivity contribution < 1.29 is 23.9 Å². The van der Waals surface area contributed by atoms with Gasteiger partial charge in [0, 0.05) is 19.0 Å². The number of nitrogens with zero attached hydrogens (tertiary/aromatic N) is 3. The Balaban J connectivity index is 1.74. The summed E-state index contributed by atoms with van der Waals surface area (Å²) in [6.45, 7) is 7.49. The Bertz CT molecular complexity index is 1730. The number of anilines is 1. The molecule has 0 fully saturated rings. The molecule has 0 N–H and O–H groups in total. The fourth-order valence-electron chi connectivity index (χ4n) is 5.08. The highest BCUT2D eigenvalue weighted by Crippen LogP contribution is 2.36. The smallest absolute Gasteiger partial charge is 0.338 e. The average Bonchev–Trinajstić information content (AvgIpc) is 3.39. The van der Waals surface area contributed by atoms with E-state index in [0.717, 1.165) is 29.9 Å². The molecule has 0 saturated heterocycles. The van der Waals surface area contributed by atoms with Gasteiger partial charge in [0.1, 0.15) is 10.3 Å². The molecule has 0 spiro atoms. The molecule has 0 radical (unpaired) electrons. The molecule has 10 heteroatoms. The number of thiazole rings is 1. The lowest BCUT2D eigenvalue weighted by Gasteiger charge is -2.24. The molecule has 1 aromatic heterocycles. The van der Waals surface area contributed by atoms with Crippen LogP contribution in [0.25, 0.3) is 5.57 Å². The molecule has 2 aromatic carbocycles. The first kappa shape index (κ1) is 27.3. The molecule has 3 heterocycles. The molecule has 0 saturated carbocycles. The lowest BCUT2D eigenvalue weighted by Crippen LogP contribution is -2.41. The largest absolute Gasteiger partial charge is 0.463 e. The topological polar surface area (TPSA) is 107 Å². The van der Waals surface area contributed by atoms with Crippen LogP contribution in [0.5, 0.6) is 5.75 Å². The van der Waals surface area contributed by atoms with Gasteiger partial charge < -0.3 is 14.4 Å². The van der Waals surface area contributed by atoms with Gasteiger partial charge in [0.25, 0.3) is 11.5 Å². The summed E-state index contributed by atoms with van der Waals surface area (Å²) in [5, 5.41) is 0. The molecular weight excluding hydrogens is 530 g/mol. The summed E-state index contributed by atoms with van der Waals surface area (Å²) in [5.74, 6) is -0.920. The van der Waals surface area contributed by atoms with E-state index in [1.807, 2.05) is 24.3 Å². The third-order valence-electron chi connectivity index (χ3n) is 6.84. The number of carbonyl (C=O) groups excluding carboxylic acids is 3. The average molecular weight is 560 g/mol. The van der Waals surface area contributed by atoms with Crippen LogP contribution in [-0.4, -0.2) is 35.6 Å². The van der Waals surface area contributed by atoms with Gasteiger partial charge in [0.2, 0.25) is 0 Å². The Morgan fingerprint density at radius 1 is 1.05 bits per heavy atom. The van der Waals surface area contributed by atoms with Crippen LogP contribution in [0.2, 0.25) is 0 Å². The van der Waals surface area contributed by atoms with Crippen molar-refractivity contribution in [3.05, 3.63) is 90.6 Å². The van der Waals surface area contributed by atoms with E-state index in [4.69, 9.17) is 9.47 Å². The summed E-state index contributed by atoms with van der Waals surface area (Å²) in [7, 11) is 0. The molecule has 3 aromatic rings. The van der Waals surface area contributed by atoms with E-state index in [-0.39, 0.29) is 22.6 Å². The van der Waals surface area contributed by atoms with Crippen LogP contribution in [0.3, 0.4) is 0 Å². The summed E-state index contributed by atoms with van der Waals surface area (Å²) in [5.41, 5.74) is 2.68. The van der Waals surface area contributed by atoms with Crippen molar-refractivity contribution in [3.63, 3.8) is 0 Å². The van der Waals surface area contributed by atoms with Crippen molar-refractivity contribution >= 4 is 40.4 Å². The van der Waals surface area contributed by atoms with Crippen molar-refractivity contribution in [2.24, 2.45) is 4.99 Å². The first-order valence-electron chi connectivity index (χ1n) is 13.2. The van der Waals surface area contributed by atoms with Gasteiger partial charge in [-0.15, -0.1) is 0 Å². The summed E-state index contributed by atoms with van der Waals surface area (Å²) < 4.78 is 12.2. The number of ether oxygens (including phenoxy) is 2. The maximum Gasteiger partial charge on any atom is 0.338 e. The van der Waals surface area contributed by atoms with E-state index >= 15 is 0 Å². The Morgan fingerprint density at radius 3 is 2.45 bits per heavy atom. The predicted octanol–water partition coefficient (Wildman–Crippen LogP) is 3.24. The molecule has 0 unspecified atom stereocenters. The van der Waals surface area contributed by atoms with Crippen LogP contribution in [0.4, 0.5) is 5.69 Å². The van der Waals surface area contributed by atoms with Crippen molar-refractivity contribution in [3.8, 4) is 5.75 Å². The molecule has 1 amide bonds. The molecule has 2 aliphatic rings. The molecule has 0 bridgehead atoms. The summed E-state index contributed by atoms with van der Waals surface area (Å²) in [6, 6.07) is 13.2. The molecule has 2 aliphatic heterocycles. The fraction of sp³-hybridized carbons (Fsp3) is 0.300. The summed E-state index contributed by atoms with van der Waals surface area (Å²) >= 11 is 1.14. The number of amides is 1. The quantitative estimate of drug-likeness (QED) is 0.325. The molecule has 206 valence electrons. The maximum atomic E-state index is 14.2. The van der Waals surface area contributed by atoms with Gasteiger partial charge in [0.05, 0.1) is 35.2 Å². The van der Waals surface area contributed by atoms with E-state index in [0.29, 0.717) is 39.5 Å². The minimum atomic E-state index is -0.848. The number of carbonyl (C=O) groups is 3. The zero-order chi connectivity index (χ0) is 28.6. The third-order valence-corrected chi connectivity index (χ3v) is 7.89. The molecule has 9 nitrogen and oxygen atoms in total. The van der Waals surface area contributed by atoms with Crippen molar-refractivity contribution in [2.45, 2.75) is 46.6 Å². The molecular formula is C30H29N3O6S. The lowest BCUT2D eigenvalue weighted by molar-refractivity contribution is -0.139. The predicted molar refractivity (Wildman–Crippen MR) is 151 cm³/mol. The van der Waals surface area contributed by atoms with E-state index in [1.165, 1.54) is 11.5 Å². The van der Waals surface area contributed by atoms with Crippen LogP contribution in [0.15, 0.2) is 69.6 Å². The van der Waals surface area contributed by atoms with Gasteiger partial charge in [0.15, 0.2) is 4.80 Å². The number of allylic oxidation sites excluding steroid dienone is 1. The Hall–Kier alpha value is -4.31. The van der Waals surface area contributed by atoms with Gasteiger partial charge in [-0.1, -0.05) is 55.0 Å². The first-order valence-corrected chi connectivity index (χ1v) is 14.0. The molecule has 1 atom stereocenters. The second-order valence-corrected chi connectivity index (χ2v) is 10.5. The van der Waals surface area contributed by atoms with Crippen LogP contribution in [0.1, 0.15) is 57.7 Å². The zero-order valence-electron chi connectivity index (χ0n) is 22.7. The number of fused-ring (bicyclic) bond motifs is 2. The zero-order valence-corrected chi connectivity index (χ0v) is 23.5. The number of rotatable bonds is 7. The normalized spacial score (nSPS) is 17.4. The summed E-state index contributed by atoms with van der Waals surface area (Å²) in [6.07, 6.45) is 1.76. The van der Waals surface area contributed by atoms with Gasteiger partial charge in [-0.25, -0.2) is 9.79 Å². The third kappa shape index (κ3) is 4.68. The van der Waals surface area contributed by atoms with Gasteiger partial charge in [-0.3, -0.25) is 19.0 Å². The number of hydrogen-bond donors (Lipinski definition) is 0. The van der Waals surface area contributed by atoms with E-state index in [2.05, 4.69) is 11.9 Å². The van der Waals surface area contributed by atoms with E-state index in [1.54, 1.807) is 43.0 Å². The van der Waals surface area contributed by atoms with E-state index in [9.17, 15) is 19.2 Å². The minimum absolute atomic E-state index is 0.154. The van der Waals surface area contributed by atoms with Crippen LogP contribution in [-0.2, 0) is 19.1 Å². The Morgan fingerprint density at radius 2 is 1.77 bits per heavy atom. The standard InChI is InChI=1S/C30H29N3O6S/c1-5-7-16-32-22-11-9-8-10-21(22)24(27(32)35)26-28(36)33-25(19-12-14-20(15-13-19)39-18(4)34)23(29(37)38-6-2)17(3)31-30(33)40-26/h8-15,25H,5-7,16H2,1-4H3/b26-24-/t25-/m1/s1. The molecule has 40 heavy (non-hydrogen) atoms. The first-order chi connectivity index (χ1) is 19.3. The highest BCUT2D eigenvalue weighted by atomic mass is 32.1. The Kier molecular flexibility index (Phi) is 7.53. The number of unbranched alkanes of at least 4 members (excludes halogenated alkanes) is 1. The fourth-order valence-corrected chi connectivity index (χ4v) is 6.22. The van der Waals surface area contributed by atoms with E-state index < -0.39 is 23.5 Å². The highest BCUT2D eigenvalue weighted by Gasteiger charge is 2.37. The number of benzene rings is 2. The second kappa shape index (κ2) is 11.1. The molecule has 0 aliphatic carbocycles. The summed E-state index contributed by atoms with van der Waals surface area (Å²) in [4.78, 5) is 59.2. The monoisotopic (exact) mass is 559 g/mol. The highest BCUT2D eigenvalue weighted by molar-refractivity contribution is 7.07. The lowest BCUT2D eigenvalue weighted by atomic mass is 9.96. The number of esters is 2. The maximum absolute atomic E-state index is 14.2. The van der Waals surface area contributed by atoms with Crippen molar-refractivity contribution in [1.82, 2.24) is 4.57 Å². The van der Waals surface area contributed by atoms with Gasteiger partial charge in [-0.2, -0.15) is 0 Å². The SMILES string of the molecule is CCCCN1C(=O)/C(=c2\sc3n(c2=O)[C@H](c2ccc(OC(C)=O)cc2)C(C(=O)OCC)=C(C)N=3)c2ccccc21. The Labute approximate surface area is 234 Å². The van der Waals surface area contributed by atoms with Crippen LogP contribution < -0.4 is 24.5 Å². The van der Waals surface area contributed by atoms with Crippen LogP contribution >= 0.6 is 11.3 Å². The number of aromatic nitrogens is 1. The van der Waals surface area contributed by atoms with Gasteiger partial charge in [-0.05, 0) is 44.0 Å². The number of para-hydroxylation sites is 1. The van der Waals surface area contributed by atoms with Crippen molar-refractivity contribution in [1.29, 1.82) is 0 Å². The molecule has 5 rings (SSSR count). The minimum Gasteiger partial charge on any atom is -0.463 e. The van der Waals surface area contributed by atoms with Gasteiger partial charge >= 0.3 is 11.9 Å². The van der Waals surface area contributed by atoms with Crippen LogP contribution in [0, 0.1) is 0 Å². The second-order valence-electron chi connectivity index (χ2n) is 9.49. The number of hydrogen-bond acceptors (Lipinski definition) is 8. The van der Waals surface area contributed by atoms with Crippen molar-refractivity contribution in [2.75, 3.05) is 18.1 Å².